The van der Waals surface area contributed by atoms with Crippen molar-refractivity contribution in [3.8, 4) is 0 Å². The fourth-order valence-electron chi connectivity index (χ4n) is 4.61. The van der Waals surface area contributed by atoms with E-state index in [4.69, 9.17) is 0 Å². The molecular weight excluding hydrogens is 291 g/mol. The molecule has 0 amide bonds. The molecule has 0 bridgehead atoms. The molecule has 0 aromatic heterocycles. The van der Waals surface area contributed by atoms with Gasteiger partial charge in [-0.05, 0) is 57.9 Å². The molecule has 0 atom stereocenters. The first-order valence-corrected chi connectivity index (χ1v) is 11.0. The van der Waals surface area contributed by atoms with Gasteiger partial charge in [0.2, 0.25) is 0 Å². The van der Waals surface area contributed by atoms with Crippen molar-refractivity contribution >= 4 is 20.9 Å². The minimum atomic E-state index is 0.649. The van der Waals surface area contributed by atoms with Crippen LogP contribution in [0.15, 0.2) is 0 Å². The summed E-state index contributed by atoms with van der Waals surface area (Å²) in [5.41, 5.74) is 0. The summed E-state index contributed by atoms with van der Waals surface area (Å²) in [6.07, 6.45) is 11.6. The molecule has 0 unspecified atom stereocenters. The Kier molecular flexibility index (Phi) is 11.5. The van der Waals surface area contributed by atoms with Crippen LogP contribution in [-0.4, -0.2) is 54.7 Å². The second kappa shape index (κ2) is 12.4. The van der Waals surface area contributed by atoms with E-state index in [0.29, 0.717) is 20.9 Å². The number of hydrogen-bond acceptors (Lipinski definition) is 3. The van der Waals surface area contributed by atoms with Gasteiger partial charge in [0.25, 0.3) is 20.9 Å². The van der Waals surface area contributed by atoms with Gasteiger partial charge in [-0.3, -0.25) is 0 Å². The Hall–Kier alpha value is 0.0748. The first-order valence-electron chi connectivity index (χ1n) is 11.0. The van der Waals surface area contributed by atoms with Crippen molar-refractivity contribution in [2.24, 2.45) is 0 Å². The third-order valence-corrected chi connectivity index (χ3v) is 5.38. The van der Waals surface area contributed by atoms with Gasteiger partial charge in [-0.2, -0.15) is 0 Å². The van der Waals surface area contributed by atoms with Crippen LogP contribution in [0.3, 0.4) is 0 Å². The molecule has 0 aromatic rings. The zero-order valence-corrected chi connectivity index (χ0v) is 17.6. The van der Waals surface area contributed by atoms with Gasteiger partial charge in [0.1, 0.15) is 0 Å². The maximum atomic E-state index is 2.87. The quantitative estimate of drug-likeness (QED) is 0.474. The SMILES string of the molecule is CCCB1N(CCC)B(CCC)N(CCC)B(CCC)N1CCC. The molecule has 1 fully saturated rings. The van der Waals surface area contributed by atoms with E-state index >= 15 is 0 Å². The molecule has 3 nitrogen and oxygen atoms in total. The second-order valence-electron chi connectivity index (χ2n) is 7.52. The van der Waals surface area contributed by atoms with Crippen molar-refractivity contribution in [2.45, 2.75) is 99.0 Å². The van der Waals surface area contributed by atoms with E-state index in [1.807, 2.05) is 0 Å². The zero-order chi connectivity index (χ0) is 17.9. The Morgan fingerprint density at radius 2 is 0.667 bits per heavy atom. The first-order chi connectivity index (χ1) is 11.7. The van der Waals surface area contributed by atoms with Gasteiger partial charge in [-0.1, -0.05) is 60.8 Å². The standard InChI is InChI=1S/C18H42B3N3/c1-7-13-19-22(16-10-4)20(14-8-2)24(18-12-6)21(15-9-3)23(19)17-11-5/h7-18H2,1-6H3. The summed E-state index contributed by atoms with van der Waals surface area (Å²) >= 11 is 0. The molecule has 0 aromatic carbocycles. The Bertz CT molecular complexity index is 230. The molecule has 6 heteroatoms. The topological polar surface area (TPSA) is 9.72 Å². The van der Waals surface area contributed by atoms with Crippen molar-refractivity contribution in [3.05, 3.63) is 0 Å². The lowest BCUT2D eigenvalue weighted by atomic mass is 9.39. The largest absolute Gasteiger partial charge is 0.357 e. The molecule has 24 heavy (non-hydrogen) atoms. The van der Waals surface area contributed by atoms with E-state index in [1.165, 1.54) is 77.1 Å². The van der Waals surface area contributed by atoms with Crippen LogP contribution in [0.5, 0.6) is 0 Å². The van der Waals surface area contributed by atoms with Gasteiger partial charge in [0, 0.05) is 0 Å². The van der Waals surface area contributed by atoms with Gasteiger partial charge < -0.3 is 14.2 Å². The highest BCUT2D eigenvalue weighted by atomic mass is 15.3. The highest BCUT2D eigenvalue weighted by Gasteiger charge is 2.49. The van der Waals surface area contributed by atoms with Crippen molar-refractivity contribution in [2.75, 3.05) is 19.6 Å². The smallest absolute Gasteiger partial charge is 0.290 e. The summed E-state index contributed by atoms with van der Waals surface area (Å²) in [5, 5.41) is 0. The van der Waals surface area contributed by atoms with Crippen molar-refractivity contribution in [1.82, 2.24) is 14.2 Å². The number of nitrogens with zero attached hydrogens (tertiary/aromatic N) is 3. The zero-order valence-electron chi connectivity index (χ0n) is 17.6. The fraction of sp³-hybridized carbons (Fsp3) is 1.00. The van der Waals surface area contributed by atoms with Gasteiger partial charge >= 0.3 is 0 Å². The van der Waals surface area contributed by atoms with Crippen LogP contribution in [0.1, 0.15) is 80.1 Å². The Morgan fingerprint density at radius 1 is 0.417 bits per heavy atom. The van der Waals surface area contributed by atoms with Crippen molar-refractivity contribution in [3.63, 3.8) is 0 Å². The van der Waals surface area contributed by atoms with Gasteiger partial charge in [0.15, 0.2) is 0 Å². The normalized spacial score (nSPS) is 18.0. The average molecular weight is 333 g/mol. The van der Waals surface area contributed by atoms with Crippen LogP contribution in [0.4, 0.5) is 0 Å². The molecule has 0 radical (unpaired) electrons. The minimum Gasteiger partial charge on any atom is -0.357 e. The predicted molar refractivity (Wildman–Crippen MR) is 114 cm³/mol. The average Bonchev–Trinajstić information content (AvgIpc) is 2.57. The lowest BCUT2D eigenvalue weighted by Crippen LogP contribution is -2.77. The van der Waals surface area contributed by atoms with E-state index in [9.17, 15) is 0 Å². The molecule has 0 N–H and O–H groups in total. The second-order valence-corrected chi connectivity index (χ2v) is 7.52. The monoisotopic (exact) mass is 333 g/mol. The molecule has 0 spiro atoms. The summed E-state index contributed by atoms with van der Waals surface area (Å²) in [6, 6.07) is 0. The molecule has 1 heterocycles. The molecular formula is C18H42B3N3. The molecule has 1 aliphatic rings. The first kappa shape index (κ1) is 22.1. The number of hydrogen-bond donors (Lipinski definition) is 0. The van der Waals surface area contributed by atoms with Crippen LogP contribution < -0.4 is 0 Å². The summed E-state index contributed by atoms with van der Waals surface area (Å²) in [5.74, 6) is 0. The van der Waals surface area contributed by atoms with Gasteiger partial charge in [-0.15, -0.1) is 0 Å². The molecule has 0 aliphatic carbocycles. The van der Waals surface area contributed by atoms with Crippen LogP contribution in [-0.2, 0) is 0 Å². The lowest BCUT2D eigenvalue weighted by molar-refractivity contribution is 0.414. The van der Waals surface area contributed by atoms with E-state index in [2.05, 4.69) is 55.7 Å². The van der Waals surface area contributed by atoms with E-state index in [0.717, 1.165) is 0 Å². The lowest BCUT2D eigenvalue weighted by Gasteiger charge is -2.55. The van der Waals surface area contributed by atoms with Gasteiger partial charge in [0.05, 0.1) is 0 Å². The summed E-state index contributed by atoms with van der Waals surface area (Å²) in [6.45, 7) is 19.8. The highest BCUT2D eigenvalue weighted by molar-refractivity contribution is 6.86. The van der Waals surface area contributed by atoms with E-state index in [1.54, 1.807) is 0 Å². The van der Waals surface area contributed by atoms with Crippen LogP contribution >= 0.6 is 0 Å². The van der Waals surface area contributed by atoms with Crippen LogP contribution in [0, 0.1) is 0 Å². The molecule has 1 rings (SSSR count). The molecule has 1 aliphatic heterocycles. The Labute approximate surface area is 154 Å². The maximum Gasteiger partial charge on any atom is 0.290 e. The molecule has 1 saturated heterocycles. The summed E-state index contributed by atoms with van der Waals surface area (Å²) in [7, 11) is 0. The van der Waals surface area contributed by atoms with E-state index < -0.39 is 0 Å². The van der Waals surface area contributed by atoms with Crippen molar-refractivity contribution < 1.29 is 0 Å². The van der Waals surface area contributed by atoms with Gasteiger partial charge in [-0.25, -0.2) is 0 Å². The molecule has 138 valence electrons. The molecule has 0 saturated carbocycles. The highest BCUT2D eigenvalue weighted by Crippen LogP contribution is 2.28. The Morgan fingerprint density at radius 3 is 0.833 bits per heavy atom. The Balaban J connectivity index is 3.22. The number of rotatable bonds is 12. The summed E-state index contributed by atoms with van der Waals surface area (Å²) in [4.78, 5) is 0. The predicted octanol–water partition coefficient (Wildman–Crippen LogP) is 4.83. The fourth-order valence-corrected chi connectivity index (χ4v) is 4.61. The van der Waals surface area contributed by atoms with Crippen molar-refractivity contribution in [1.29, 1.82) is 0 Å². The van der Waals surface area contributed by atoms with E-state index in [-0.39, 0.29) is 0 Å². The third kappa shape index (κ3) is 5.54. The van der Waals surface area contributed by atoms with Crippen LogP contribution in [0.25, 0.3) is 0 Å². The minimum absolute atomic E-state index is 0.649. The maximum absolute atomic E-state index is 2.87. The third-order valence-electron chi connectivity index (χ3n) is 5.38. The summed E-state index contributed by atoms with van der Waals surface area (Å²) < 4.78 is 8.60. The van der Waals surface area contributed by atoms with Crippen LogP contribution in [0.2, 0.25) is 19.0 Å².